The number of thioether (sulfide) groups is 1. The Hall–Kier alpha value is -1.87. The maximum absolute atomic E-state index is 12.3. The van der Waals surface area contributed by atoms with E-state index in [0.717, 1.165) is 38.8 Å². The minimum Gasteiger partial charge on any atom is -0.325 e. The number of nitrogens with zero attached hydrogens (tertiary/aromatic N) is 3. The minimum absolute atomic E-state index is 0.0485. The molecular weight excluding hydrogens is 459 g/mol. The van der Waals surface area contributed by atoms with Gasteiger partial charge in [0.2, 0.25) is 5.91 Å². The number of halogens is 1. The molecule has 2 aromatic carbocycles. The van der Waals surface area contributed by atoms with Gasteiger partial charge in [-0.2, -0.15) is 0 Å². The number of carbonyl (C=O) groups is 1. The molecule has 0 radical (unpaired) electrons. The summed E-state index contributed by atoms with van der Waals surface area (Å²) in [6.07, 6.45) is 2.31. The normalized spacial score (nSPS) is 13.6. The number of nitrogens with one attached hydrogen (secondary N) is 1. The molecule has 0 unspecified atom stereocenters. The van der Waals surface area contributed by atoms with Crippen molar-refractivity contribution in [1.82, 2.24) is 14.8 Å². The topological polar surface area (TPSA) is 59.8 Å². The van der Waals surface area contributed by atoms with E-state index in [1.165, 1.54) is 11.8 Å². The van der Waals surface area contributed by atoms with Gasteiger partial charge in [0.1, 0.15) is 5.82 Å². The van der Waals surface area contributed by atoms with Gasteiger partial charge in [-0.25, -0.2) is 0 Å². The van der Waals surface area contributed by atoms with E-state index in [1.54, 1.807) is 0 Å². The third-order valence-corrected chi connectivity index (χ3v) is 5.66. The summed E-state index contributed by atoms with van der Waals surface area (Å²) in [5.41, 5.74) is 1.85. The minimum atomic E-state index is -0.0485. The molecule has 5 nitrogen and oxygen atoms in total. The third kappa shape index (κ3) is 4.09. The monoisotopic (exact) mass is 476 g/mol. The van der Waals surface area contributed by atoms with Gasteiger partial charge in [-0.3, -0.25) is 9.36 Å². The first kappa shape index (κ1) is 17.5. The van der Waals surface area contributed by atoms with Gasteiger partial charge in [-0.1, -0.05) is 36.0 Å². The summed E-state index contributed by atoms with van der Waals surface area (Å²) in [7, 11) is 0. The molecule has 0 bridgehead atoms. The Morgan fingerprint density at radius 2 is 1.96 bits per heavy atom. The van der Waals surface area contributed by atoms with Gasteiger partial charge in [0.05, 0.1) is 5.75 Å². The number of carbonyl (C=O) groups excluding carboxylic acids is 1. The lowest BCUT2D eigenvalue weighted by Gasteiger charge is -2.10. The van der Waals surface area contributed by atoms with E-state index in [9.17, 15) is 4.79 Å². The highest BCUT2D eigenvalue weighted by molar-refractivity contribution is 14.1. The Morgan fingerprint density at radius 3 is 2.69 bits per heavy atom. The van der Waals surface area contributed by atoms with Crippen molar-refractivity contribution in [1.29, 1.82) is 0 Å². The molecule has 1 aliphatic carbocycles. The van der Waals surface area contributed by atoms with Gasteiger partial charge in [-0.15, -0.1) is 10.2 Å². The lowest BCUT2D eigenvalue weighted by atomic mass is 10.3. The Bertz CT molecular complexity index is 924. The molecule has 1 amide bonds. The fourth-order valence-electron chi connectivity index (χ4n) is 2.69. The van der Waals surface area contributed by atoms with Crippen molar-refractivity contribution in [3.8, 4) is 5.69 Å². The summed E-state index contributed by atoms with van der Waals surface area (Å²) < 4.78 is 3.17. The van der Waals surface area contributed by atoms with Gasteiger partial charge < -0.3 is 5.32 Å². The highest BCUT2D eigenvalue weighted by atomic mass is 127. The van der Waals surface area contributed by atoms with Crippen LogP contribution in [0.15, 0.2) is 59.8 Å². The van der Waals surface area contributed by atoms with E-state index in [1.807, 2.05) is 54.6 Å². The maximum Gasteiger partial charge on any atom is 0.234 e. The van der Waals surface area contributed by atoms with Gasteiger partial charge in [0, 0.05) is 20.9 Å². The molecule has 1 aliphatic rings. The fourth-order valence-corrected chi connectivity index (χ4v) is 4.00. The first-order valence-corrected chi connectivity index (χ1v) is 10.5. The summed E-state index contributed by atoms with van der Waals surface area (Å²) in [5.74, 6) is 1.72. The molecule has 1 saturated carbocycles. The number of amides is 1. The molecule has 0 saturated heterocycles. The van der Waals surface area contributed by atoms with Gasteiger partial charge in [0.25, 0.3) is 0 Å². The second-order valence-electron chi connectivity index (χ2n) is 6.13. The molecule has 4 rings (SSSR count). The van der Waals surface area contributed by atoms with E-state index in [4.69, 9.17) is 0 Å². The van der Waals surface area contributed by atoms with Gasteiger partial charge >= 0.3 is 0 Å². The third-order valence-electron chi connectivity index (χ3n) is 4.06. The molecule has 7 heteroatoms. The predicted molar refractivity (Wildman–Crippen MR) is 112 cm³/mol. The summed E-state index contributed by atoms with van der Waals surface area (Å²) in [6.45, 7) is 0. The van der Waals surface area contributed by atoms with E-state index in [-0.39, 0.29) is 5.91 Å². The van der Waals surface area contributed by atoms with Crippen LogP contribution in [0.1, 0.15) is 24.6 Å². The number of hydrogen-bond donors (Lipinski definition) is 1. The van der Waals surface area contributed by atoms with Crippen molar-refractivity contribution in [3.05, 3.63) is 64.0 Å². The van der Waals surface area contributed by atoms with Gasteiger partial charge in [0.15, 0.2) is 5.16 Å². The van der Waals surface area contributed by atoms with Crippen molar-refractivity contribution < 1.29 is 4.79 Å². The Morgan fingerprint density at radius 1 is 1.15 bits per heavy atom. The highest BCUT2D eigenvalue weighted by Crippen LogP contribution is 2.41. The molecule has 1 N–H and O–H groups in total. The van der Waals surface area contributed by atoms with E-state index < -0.39 is 0 Å². The van der Waals surface area contributed by atoms with Crippen molar-refractivity contribution in [2.24, 2.45) is 0 Å². The smallest absolute Gasteiger partial charge is 0.234 e. The van der Waals surface area contributed by atoms with Crippen molar-refractivity contribution in [3.63, 3.8) is 0 Å². The zero-order valence-electron chi connectivity index (χ0n) is 13.9. The van der Waals surface area contributed by atoms with E-state index in [0.29, 0.717) is 11.7 Å². The van der Waals surface area contributed by atoms with Gasteiger partial charge in [-0.05, 0) is 65.8 Å². The number of benzene rings is 2. The number of rotatable bonds is 6. The molecule has 1 heterocycles. The highest BCUT2D eigenvalue weighted by Gasteiger charge is 2.31. The van der Waals surface area contributed by atoms with Crippen LogP contribution in [0.5, 0.6) is 0 Å². The first-order chi connectivity index (χ1) is 12.7. The second kappa shape index (κ2) is 7.79. The molecule has 0 aliphatic heterocycles. The largest absolute Gasteiger partial charge is 0.325 e. The number of para-hydroxylation sites is 1. The van der Waals surface area contributed by atoms with Crippen LogP contribution in [0.25, 0.3) is 5.69 Å². The van der Waals surface area contributed by atoms with Crippen molar-refractivity contribution in [2.45, 2.75) is 23.9 Å². The molecular formula is C19H17IN4OS. The standard InChI is InChI=1S/C19H17IN4OS/c20-14-5-4-6-15(11-14)21-17(25)12-26-19-23-22-18(13-9-10-13)24(19)16-7-2-1-3-8-16/h1-8,11,13H,9-10,12H2,(H,21,25). The van der Waals surface area contributed by atoms with Crippen LogP contribution in [-0.4, -0.2) is 26.4 Å². The molecule has 1 fully saturated rings. The van der Waals surface area contributed by atoms with Crippen LogP contribution >= 0.6 is 34.4 Å². The van der Waals surface area contributed by atoms with Crippen LogP contribution in [-0.2, 0) is 4.79 Å². The average Bonchev–Trinajstić information content (AvgIpc) is 3.40. The summed E-state index contributed by atoms with van der Waals surface area (Å²) in [4.78, 5) is 12.3. The molecule has 0 atom stereocenters. The zero-order chi connectivity index (χ0) is 17.9. The van der Waals surface area contributed by atoms with E-state index in [2.05, 4.69) is 42.7 Å². The SMILES string of the molecule is O=C(CSc1nnc(C2CC2)n1-c1ccccc1)Nc1cccc(I)c1. The van der Waals surface area contributed by atoms with Crippen LogP contribution in [0.3, 0.4) is 0 Å². The lowest BCUT2D eigenvalue weighted by molar-refractivity contribution is -0.113. The molecule has 0 spiro atoms. The molecule has 132 valence electrons. The quantitative estimate of drug-likeness (QED) is 0.421. The molecule has 3 aromatic rings. The van der Waals surface area contributed by atoms with Crippen molar-refractivity contribution in [2.75, 3.05) is 11.1 Å². The first-order valence-electron chi connectivity index (χ1n) is 8.39. The van der Waals surface area contributed by atoms with E-state index >= 15 is 0 Å². The van der Waals surface area contributed by atoms with Crippen LogP contribution in [0, 0.1) is 3.57 Å². The summed E-state index contributed by atoms with van der Waals surface area (Å²) in [6, 6.07) is 17.9. The Kier molecular flexibility index (Phi) is 5.26. The van der Waals surface area contributed by atoms with Crippen molar-refractivity contribution >= 4 is 45.9 Å². The average molecular weight is 476 g/mol. The maximum atomic E-state index is 12.3. The van der Waals surface area contributed by atoms with Crippen LogP contribution < -0.4 is 5.32 Å². The zero-order valence-corrected chi connectivity index (χ0v) is 16.9. The fraction of sp³-hybridized carbons (Fsp3) is 0.211. The summed E-state index contributed by atoms with van der Waals surface area (Å²) >= 11 is 3.65. The van der Waals surface area contributed by atoms with Crippen LogP contribution in [0.4, 0.5) is 5.69 Å². The second-order valence-corrected chi connectivity index (χ2v) is 8.32. The number of anilines is 1. The van der Waals surface area contributed by atoms with Crippen LogP contribution in [0.2, 0.25) is 0 Å². The molecule has 1 aromatic heterocycles. The Balaban J connectivity index is 1.49. The summed E-state index contributed by atoms with van der Waals surface area (Å²) in [5, 5.41) is 12.4. The predicted octanol–water partition coefficient (Wildman–Crippen LogP) is 4.48. The number of aromatic nitrogens is 3. The molecule has 26 heavy (non-hydrogen) atoms. The lowest BCUT2D eigenvalue weighted by Crippen LogP contribution is -2.14. The number of hydrogen-bond acceptors (Lipinski definition) is 4. The Labute approximate surface area is 169 Å².